The highest BCUT2D eigenvalue weighted by molar-refractivity contribution is 5.87. The number of hydrogen-bond acceptors (Lipinski definition) is 3. The number of nitrogens with zero attached hydrogens (tertiary/aromatic N) is 1. The Morgan fingerprint density at radius 2 is 1.39 bits per heavy atom. The van der Waals surface area contributed by atoms with Crippen molar-refractivity contribution in [2.24, 2.45) is 11.8 Å². The van der Waals surface area contributed by atoms with Gasteiger partial charge < -0.3 is 4.90 Å². The number of carbonyl (C=O) groups excluding carboxylic acids is 3. The number of hydrogen-bond donors (Lipinski definition) is 0. The van der Waals surface area contributed by atoms with Gasteiger partial charge in [-0.05, 0) is 6.42 Å². The van der Waals surface area contributed by atoms with Crippen LogP contribution >= 0.6 is 0 Å². The molecule has 0 aromatic heterocycles. The van der Waals surface area contributed by atoms with Crippen molar-refractivity contribution in [2.45, 2.75) is 47.0 Å². The summed E-state index contributed by atoms with van der Waals surface area (Å²) in [5.41, 5.74) is 0. The molecule has 0 heterocycles. The Labute approximate surface area is 110 Å². The number of Topliss-reactive ketones (excluding diaryl/α,β-unsaturated/α-hetero) is 2. The van der Waals surface area contributed by atoms with Gasteiger partial charge in [-0.2, -0.15) is 0 Å². The maximum atomic E-state index is 11.7. The topological polar surface area (TPSA) is 54.5 Å². The molecule has 0 aromatic carbocycles. The number of ketones is 2. The van der Waals surface area contributed by atoms with Gasteiger partial charge in [-0.25, -0.2) is 0 Å². The van der Waals surface area contributed by atoms with E-state index in [-0.39, 0.29) is 35.9 Å². The first-order valence-electron chi connectivity index (χ1n) is 6.55. The van der Waals surface area contributed by atoms with Gasteiger partial charge in [0.1, 0.15) is 5.78 Å². The van der Waals surface area contributed by atoms with Gasteiger partial charge in [0.05, 0.1) is 6.54 Å². The van der Waals surface area contributed by atoms with Crippen LogP contribution in [0, 0.1) is 11.8 Å². The van der Waals surface area contributed by atoms with Crippen molar-refractivity contribution in [3.8, 4) is 0 Å². The largest absolute Gasteiger partial charge is 0.338 e. The molecule has 0 spiro atoms. The van der Waals surface area contributed by atoms with Crippen LogP contribution in [0.25, 0.3) is 0 Å². The van der Waals surface area contributed by atoms with E-state index in [0.29, 0.717) is 19.3 Å². The predicted molar refractivity (Wildman–Crippen MR) is 71.2 cm³/mol. The molecule has 18 heavy (non-hydrogen) atoms. The van der Waals surface area contributed by atoms with Gasteiger partial charge in [-0.1, -0.05) is 27.7 Å². The van der Waals surface area contributed by atoms with Crippen LogP contribution in [0.5, 0.6) is 0 Å². The molecular formula is C14H25NO3. The maximum Gasteiger partial charge on any atom is 0.222 e. The van der Waals surface area contributed by atoms with Crippen molar-refractivity contribution >= 4 is 17.5 Å². The van der Waals surface area contributed by atoms with E-state index >= 15 is 0 Å². The van der Waals surface area contributed by atoms with E-state index in [0.717, 1.165) is 0 Å². The molecule has 4 nitrogen and oxygen atoms in total. The molecule has 104 valence electrons. The smallest absolute Gasteiger partial charge is 0.222 e. The molecule has 0 aliphatic rings. The quantitative estimate of drug-likeness (QED) is 0.667. The van der Waals surface area contributed by atoms with Crippen LogP contribution in [0.3, 0.4) is 0 Å². The van der Waals surface area contributed by atoms with Gasteiger partial charge in [0, 0.05) is 31.7 Å². The van der Waals surface area contributed by atoms with Crippen molar-refractivity contribution in [3.05, 3.63) is 0 Å². The molecule has 0 saturated heterocycles. The fourth-order valence-corrected chi connectivity index (χ4v) is 1.40. The molecule has 0 unspecified atom stereocenters. The minimum atomic E-state index is -0.0689. The summed E-state index contributed by atoms with van der Waals surface area (Å²) in [6, 6.07) is 0. The van der Waals surface area contributed by atoms with Crippen molar-refractivity contribution in [1.82, 2.24) is 4.90 Å². The highest BCUT2D eigenvalue weighted by Crippen LogP contribution is 2.06. The summed E-state index contributed by atoms with van der Waals surface area (Å²) in [7, 11) is 1.63. The minimum Gasteiger partial charge on any atom is -0.338 e. The summed E-state index contributed by atoms with van der Waals surface area (Å²) in [5.74, 6) is 0.150. The van der Waals surface area contributed by atoms with Crippen molar-refractivity contribution in [1.29, 1.82) is 0 Å². The van der Waals surface area contributed by atoms with Gasteiger partial charge in [-0.15, -0.1) is 0 Å². The van der Waals surface area contributed by atoms with E-state index in [2.05, 4.69) is 0 Å². The van der Waals surface area contributed by atoms with Crippen LogP contribution in [-0.4, -0.2) is 36.0 Å². The van der Waals surface area contributed by atoms with Crippen molar-refractivity contribution in [2.75, 3.05) is 13.6 Å². The Kier molecular flexibility index (Phi) is 7.48. The molecule has 0 aliphatic carbocycles. The second kappa shape index (κ2) is 8.01. The lowest BCUT2D eigenvalue weighted by Crippen LogP contribution is -2.33. The minimum absolute atomic E-state index is 0.0281. The molecule has 0 fully saturated rings. The lowest BCUT2D eigenvalue weighted by atomic mass is 10.0. The third kappa shape index (κ3) is 6.52. The van der Waals surface area contributed by atoms with Crippen molar-refractivity contribution < 1.29 is 14.4 Å². The lowest BCUT2D eigenvalue weighted by Gasteiger charge is -2.17. The van der Waals surface area contributed by atoms with Gasteiger partial charge in [0.25, 0.3) is 0 Å². The second-order valence-electron chi connectivity index (χ2n) is 5.35. The highest BCUT2D eigenvalue weighted by Gasteiger charge is 2.15. The second-order valence-corrected chi connectivity index (χ2v) is 5.35. The standard InChI is InChI=1S/C14H25NO3/c1-10(2)12(16)7-6-8-14(18)15(5)9-13(17)11(3)4/h10-11H,6-9H2,1-5H3. The Hall–Kier alpha value is -1.19. The first-order chi connectivity index (χ1) is 8.25. The molecule has 0 aromatic rings. The third-order valence-electron chi connectivity index (χ3n) is 2.92. The Bertz CT molecular complexity index is 308. The molecule has 0 atom stereocenters. The first kappa shape index (κ1) is 16.8. The first-order valence-corrected chi connectivity index (χ1v) is 6.55. The average molecular weight is 255 g/mol. The van der Waals surface area contributed by atoms with E-state index in [1.54, 1.807) is 7.05 Å². The summed E-state index contributed by atoms with van der Waals surface area (Å²) in [6.07, 6.45) is 1.34. The van der Waals surface area contributed by atoms with Gasteiger partial charge in [0.2, 0.25) is 5.91 Å². The fraction of sp³-hybridized carbons (Fsp3) is 0.786. The van der Waals surface area contributed by atoms with Gasteiger partial charge >= 0.3 is 0 Å². The summed E-state index contributed by atoms with van der Waals surface area (Å²) < 4.78 is 0. The maximum absolute atomic E-state index is 11.7. The highest BCUT2D eigenvalue weighted by atomic mass is 16.2. The number of amides is 1. The number of carbonyl (C=O) groups is 3. The van der Waals surface area contributed by atoms with E-state index in [1.807, 2.05) is 27.7 Å². The molecular weight excluding hydrogens is 230 g/mol. The van der Waals surface area contributed by atoms with E-state index < -0.39 is 0 Å². The zero-order valence-electron chi connectivity index (χ0n) is 12.2. The molecule has 4 heteroatoms. The van der Waals surface area contributed by atoms with E-state index in [4.69, 9.17) is 0 Å². The summed E-state index contributed by atoms with van der Waals surface area (Å²) in [5, 5.41) is 0. The van der Waals surface area contributed by atoms with Gasteiger partial charge in [-0.3, -0.25) is 14.4 Å². The molecule has 1 amide bonds. The van der Waals surface area contributed by atoms with Crippen LogP contribution in [0.1, 0.15) is 47.0 Å². The lowest BCUT2D eigenvalue weighted by molar-refractivity contribution is -0.135. The average Bonchev–Trinajstić information content (AvgIpc) is 2.27. The Balaban J connectivity index is 3.96. The van der Waals surface area contributed by atoms with E-state index in [9.17, 15) is 14.4 Å². The van der Waals surface area contributed by atoms with Crippen LogP contribution in [0.4, 0.5) is 0 Å². The molecule has 0 N–H and O–H groups in total. The monoisotopic (exact) mass is 255 g/mol. The van der Waals surface area contributed by atoms with Crippen LogP contribution in [0.15, 0.2) is 0 Å². The molecule has 0 radical (unpaired) electrons. The zero-order chi connectivity index (χ0) is 14.3. The van der Waals surface area contributed by atoms with E-state index in [1.165, 1.54) is 4.90 Å². The molecule has 0 rings (SSSR count). The predicted octanol–water partition coefficient (Wildman–Crippen LogP) is 2.07. The Morgan fingerprint density at radius 1 is 0.889 bits per heavy atom. The molecule has 0 aliphatic heterocycles. The van der Waals surface area contributed by atoms with Crippen LogP contribution < -0.4 is 0 Å². The normalized spacial score (nSPS) is 10.8. The summed E-state index contributed by atoms with van der Waals surface area (Å²) >= 11 is 0. The summed E-state index contributed by atoms with van der Waals surface area (Å²) in [4.78, 5) is 36.0. The van der Waals surface area contributed by atoms with Gasteiger partial charge in [0.15, 0.2) is 5.78 Å². The molecule has 0 bridgehead atoms. The molecule has 0 saturated carbocycles. The number of likely N-dealkylation sites (N-methyl/N-ethyl adjacent to an activating group) is 1. The van der Waals surface area contributed by atoms with Crippen LogP contribution in [-0.2, 0) is 14.4 Å². The zero-order valence-corrected chi connectivity index (χ0v) is 12.2. The summed E-state index contributed by atoms with van der Waals surface area (Å²) in [6.45, 7) is 7.52. The third-order valence-corrected chi connectivity index (χ3v) is 2.92. The fourth-order valence-electron chi connectivity index (χ4n) is 1.40. The Morgan fingerprint density at radius 3 is 1.83 bits per heavy atom. The number of rotatable bonds is 8. The van der Waals surface area contributed by atoms with Crippen molar-refractivity contribution in [3.63, 3.8) is 0 Å². The SMILES string of the molecule is CC(C)C(=O)CCCC(=O)N(C)CC(=O)C(C)C. The van der Waals surface area contributed by atoms with Crippen LogP contribution in [0.2, 0.25) is 0 Å².